The normalized spacial score (nSPS) is 14.7. The summed E-state index contributed by atoms with van der Waals surface area (Å²) < 4.78 is 44.3. The Labute approximate surface area is 195 Å². The largest absolute Gasteiger partial charge is 0.457 e. The molecule has 0 fully saturated rings. The van der Waals surface area contributed by atoms with Crippen molar-refractivity contribution in [3.8, 4) is 22.9 Å². The van der Waals surface area contributed by atoms with Crippen LogP contribution >= 0.6 is 0 Å². The molecule has 0 radical (unpaired) electrons. The van der Waals surface area contributed by atoms with Crippen LogP contribution in [0.25, 0.3) is 17.5 Å². The fourth-order valence-electron chi connectivity index (χ4n) is 3.33. The maximum absolute atomic E-state index is 12.8. The number of benzene rings is 3. The lowest BCUT2D eigenvalue weighted by molar-refractivity contribution is -0.138. The maximum Gasteiger partial charge on any atom is 0.416 e. The van der Waals surface area contributed by atoms with Gasteiger partial charge in [-0.05, 0) is 65.4 Å². The number of alkyl halides is 3. The van der Waals surface area contributed by atoms with Gasteiger partial charge in [-0.2, -0.15) is 18.4 Å². The van der Waals surface area contributed by atoms with Gasteiger partial charge >= 0.3 is 12.1 Å². The molecule has 8 nitrogen and oxygen atoms in total. The Morgan fingerprint density at radius 1 is 0.857 bits per heavy atom. The summed E-state index contributed by atoms with van der Waals surface area (Å²) in [6, 6.07) is 18.4. The van der Waals surface area contributed by atoms with Gasteiger partial charge in [-0.3, -0.25) is 0 Å². The van der Waals surface area contributed by atoms with Gasteiger partial charge in [-0.1, -0.05) is 29.4 Å². The number of halogens is 3. The standard InChI is InChI=1S/C24H14F3N5O3/c25-24(26,27)17-7-3-15(4-8-17)21-20(23(33)35-30-21)13-14-1-9-18(10-2-14)34-19-11-5-16(6-12-19)22-28-31-32-29-22/h1-13H,(H,28,29,31,32)/b20-13-. The van der Waals surface area contributed by atoms with Crippen LogP contribution in [0.5, 0.6) is 11.5 Å². The predicted octanol–water partition coefficient (Wildman–Crippen LogP) is 5.02. The summed E-state index contributed by atoms with van der Waals surface area (Å²) in [5.41, 5.74) is 1.26. The van der Waals surface area contributed by atoms with E-state index < -0.39 is 17.7 Å². The average Bonchev–Trinajstić information content (AvgIpc) is 3.51. The second kappa shape index (κ2) is 8.86. The first-order chi connectivity index (χ1) is 16.9. The fourth-order valence-corrected chi connectivity index (χ4v) is 3.33. The molecule has 5 rings (SSSR count). The minimum absolute atomic E-state index is 0.135. The van der Waals surface area contributed by atoms with Crippen LogP contribution < -0.4 is 4.74 Å². The number of hydrogen-bond donors (Lipinski definition) is 1. The van der Waals surface area contributed by atoms with Gasteiger partial charge in [0.05, 0.1) is 11.1 Å². The summed E-state index contributed by atoms with van der Waals surface area (Å²) in [4.78, 5) is 16.9. The van der Waals surface area contributed by atoms with Crippen LogP contribution in [0.1, 0.15) is 16.7 Å². The van der Waals surface area contributed by atoms with Crippen LogP contribution in [0.4, 0.5) is 13.2 Å². The lowest BCUT2D eigenvalue weighted by atomic mass is 9.99. The Bertz CT molecular complexity index is 1410. The van der Waals surface area contributed by atoms with Crippen molar-refractivity contribution < 1.29 is 27.5 Å². The van der Waals surface area contributed by atoms with Gasteiger partial charge < -0.3 is 9.57 Å². The Morgan fingerprint density at radius 2 is 1.49 bits per heavy atom. The molecule has 35 heavy (non-hydrogen) atoms. The number of tetrazole rings is 1. The first-order valence-electron chi connectivity index (χ1n) is 10.2. The van der Waals surface area contributed by atoms with Gasteiger partial charge in [0, 0.05) is 11.1 Å². The number of carbonyl (C=O) groups is 1. The molecule has 0 unspecified atom stereocenters. The fraction of sp³-hybridized carbons (Fsp3) is 0.0417. The van der Waals surface area contributed by atoms with Crippen molar-refractivity contribution in [3.05, 3.63) is 95.1 Å². The quantitative estimate of drug-likeness (QED) is 0.320. The number of hydrogen-bond acceptors (Lipinski definition) is 7. The van der Waals surface area contributed by atoms with E-state index in [0.29, 0.717) is 28.5 Å². The first kappa shape index (κ1) is 22.0. The molecular weight excluding hydrogens is 463 g/mol. The molecule has 0 amide bonds. The number of ether oxygens (including phenoxy) is 1. The Morgan fingerprint density at radius 3 is 2.09 bits per heavy atom. The zero-order chi connectivity index (χ0) is 24.4. The number of aromatic nitrogens is 4. The predicted molar refractivity (Wildman–Crippen MR) is 118 cm³/mol. The molecule has 4 aromatic rings. The lowest BCUT2D eigenvalue weighted by Crippen LogP contribution is -2.09. The Hall–Kier alpha value is -4.80. The van der Waals surface area contributed by atoms with Crippen LogP contribution in [0.2, 0.25) is 0 Å². The van der Waals surface area contributed by atoms with Gasteiger partial charge in [0.25, 0.3) is 0 Å². The summed E-state index contributed by atoms with van der Waals surface area (Å²) in [6.45, 7) is 0. The third-order valence-electron chi connectivity index (χ3n) is 5.07. The molecule has 11 heteroatoms. The minimum Gasteiger partial charge on any atom is -0.457 e. The molecule has 0 spiro atoms. The van der Waals surface area contributed by atoms with E-state index in [1.165, 1.54) is 12.1 Å². The van der Waals surface area contributed by atoms with Crippen LogP contribution in [0.15, 0.2) is 83.5 Å². The van der Waals surface area contributed by atoms with Crippen LogP contribution in [-0.4, -0.2) is 32.3 Å². The molecule has 1 aliphatic heterocycles. The SMILES string of the molecule is O=C1ON=C(c2ccc(C(F)(F)F)cc2)/C1=C/c1ccc(Oc2ccc(-c3nn[nH]n3)cc2)cc1. The van der Waals surface area contributed by atoms with Crippen LogP contribution in [-0.2, 0) is 15.8 Å². The van der Waals surface area contributed by atoms with Gasteiger partial charge in [0.1, 0.15) is 17.2 Å². The number of carbonyl (C=O) groups excluding carboxylic acids is 1. The molecule has 1 aromatic heterocycles. The van der Waals surface area contributed by atoms with Crippen molar-refractivity contribution in [2.75, 3.05) is 0 Å². The van der Waals surface area contributed by atoms with Gasteiger partial charge in [0.15, 0.2) is 0 Å². The molecular formula is C24H14F3N5O3. The smallest absolute Gasteiger partial charge is 0.416 e. The molecule has 0 bridgehead atoms. The van der Waals surface area contributed by atoms with E-state index in [1.807, 2.05) is 0 Å². The highest BCUT2D eigenvalue weighted by Gasteiger charge is 2.31. The molecule has 0 saturated heterocycles. The van der Waals surface area contributed by atoms with E-state index in [2.05, 4.69) is 25.8 Å². The average molecular weight is 477 g/mol. The molecule has 3 aromatic carbocycles. The summed E-state index contributed by atoms with van der Waals surface area (Å²) in [5.74, 6) is 0.935. The number of oxime groups is 1. The first-order valence-corrected chi connectivity index (χ1v) is 10.2. The van der Waals surface area contributed by atoms with Crippen molar-refractivity contribution in [2.45, 2.75) is 6.18 Å². The van der Waals surface area contributed by atoms with Gasteiger partial charge in [-0.15, -0.1) is 10.2 Å². The van der Waals surface area contributed by atoms with Crippen molar-refractivity contribution >= 4 is 17.8 Å². The zero-order valence-electron chi connectivity index (χ0n) is 17.7. The van der Waals surface area contributed by atoms with Crippen LogP contribution in [0, 0.1) is 0 Å². The zero-order valence-corrected chi connectivity index (χ0v) is 17.7. The number of nitrogens with zero attached hydrogens (tertiary/aromatic N) is 4. The second-order valence-corrected chi connectivity index (χ2v) is 7.38. The highest BCUT2D eigenvalue weighted by atomic mass is 19.4. The monoisotopic (exact) mass is 477 g/mol. The minimum atomic E-state index is -4.46. The van der Waals surface area contributed by atoms with Gasteiger partial charge in [0.2, 0.25) is 5.82 Å². The summed E-state index contributed by atoms with van der Waals surface area (Å²) >= 11 is 0. The van der Waals surface area contributed by atoms with Crippen molar-refractivity contribution in [3.63, 3.8) is 0 Å². The Kier molecular flexibility index (Phi) is 5.57. The number of rotatable bonds is 5. The molecule has 0 atom stereocenters. The van der Waals surface area contributed by atoms with Gasteiger partial charge in [-0.25, -0.2) is 4.79 Å². The number of H-pyrrole nitrogens is 1. The van der Waals surface area contributed by atoms with E-state index in [0.717, 1.165) is 17.7 Å². The Balaban J connectivity index is 1.31. The van der Waals surface area contributed by atoms with E-state index in [4.69, 9.17) is 9.57 Å². The van der Waals surface area contributed by atoms with E-state index in [1.54, 1.807) is 54.6 Å². The van der Waals surface area contributed by atoms with E-state index >= 15 is 0 Å². The van der Waals surface area contributed by atoms with Crippen molar-refractivity contribution in [1.82, 2.24) is 20.6 Å². The molecule has 1 aliphatic rings. The third-order valence-corrected chi connectivity index (χ3v) is 5.07. The topological polar surface area (TPSA) is 102 Å². The summed E-state index contributed by atoms with van der Waals surface area (Å²) in [7, 11) is 0. The molecule has 0 saturated carbocycles. The summed E-state index contributed by atoms with van der Waals surface area (Å²) in [5, 5.41) is 17.5. The summed E-state index contributed by atoms with van der Waals surface area (Å²) in [6.07, 6.45) is -2.91. The molecule has 0 aliphatic carbocycles. The molecule has 2 heterocycles. The second-order valence-electron chi connectivity index (χ2n) is 7.38. The highest BCUT2D eigenvalue weighted by Crippen LogP contribution is 2.30. The maximum atomic E-state index is 12.8. The highest BCUT2D eigenvalue weighted by molar-refractivity contribution is 6.31. The molecule has 1 N–H and O–H groups in total. The number of aromatic amines is 1. The van der Waals surface area contributed by atoms with Crippen molar-refractivity contribution in [2.24, 2.45) is 5.16 Å². The van der Waals surface area contributed by atoms with Crippen LogP contribution in [0.3, 0.4) is 0 Å². The number of nitrogens with one attached hydrogen (secondary N) is 1. The van der Waals surface area contributed by atoms with Crippen molar-refractivity contribution in [1.29, 1.82) is 0 Å². The third kappa shape index (κ3) is 4.78. The van der Waals surface area contributed by atoms with E-state index in [9.17, 15) is 18.0 Å². The molecule has 174 valence electrons. The van der Waals surface area contributed by atoms with E-state index in [-0.39, 0.29) is 11.3 Å². The lowest BCUT2D eigenvalue weighted by Gasteiger charge is -2.08.